The summed E-state index contributed by atoms with van der Waals surface area (Å²) >= 11 is 12.5. The number of aromatic nitrogens is 1. The zero-order valence-corrected chi connectivity index (χ0v) is 29.0. The number of nitrogens with zero attached hydrogens (tertiary/aromatic N) is 5. The molecule has 5 unspecified atom stereocenters. The fraction of sp³-hybridized carbons (Fsp3) is 0.531. The van der Waals surface area contributed by atoms with Crippen molar-refractivity contribution >= 4 is 56.9 Å². The van der Waals surface area contributed by atoms with E-state index in [2.05, 4.69) is 10.3 Å². The maximum Gasteiger partial charge on any atom is 0.248 e. The maximum atomic E-state index is 14.5. The number of sulfonamides is 1. The monoisotopic (exact) mass is 719 g/mol. The highest BCUT2D eigenvalue weighted by molar-refractivity contribution is 7.89. The SMILES string of the molecule is CC(C)C(N)C(=O)N1CCCC1C(=O)NC1CN(S(=O)(=O)c2ccc(Cl)cc2Cl)C2CN(C3CC3)C(=O)C(Cc3cccnc3)N2C1=O. The van der Waals surface area contributed by atoms with Crippen molar-refractivity contribution in [2.24, 2.45) is 11.7 Å². The second kappa shape index (κ2) is 13.5. The molecule has 4 heterocycles. The van der Waals surface area contributed by atoms with E-state index in [-0.39, 0.29) is 51.7 Å². The molecule has 5 atom stereocenters. The van der Waals surface area contributed by atoms with Crippen molar-refractivity contribution in [1.29, 1.82) is 0 Å². The molecule has 3 aliphatic heterocycles. The van der Waals surface area contributed by atoms with Gasteiger partial charge in [0.05, 0.1) is 17.6 Å². The van der Waals surface area contributed by atoms with Gasteiger partial charge in [0, 0.05) is 43.0 Å². The molecule has 2 aromatic rings. The smallest absolute Gasteiger partial charge is 0.248 e. The second-order valence-corrected chi connectivity index (χ2v) is 15.9. The Hall–Kier alpha value is -3.30. The number of hydrogen-bond acceptors (Lipinski definition) is 8. The number of fused-ring (bicyclic) bond motifs is 1. The summed E-state index contributed by atoms with van der Waals surface area (Å²) in [5.74, 6) is -2.00. The van der Waals surface area contributed by atoms with Crippen LogP contribution in [0.4, 0.5) is 0 Å². The van der Waals surface area contributed by atoms with Gasteiger partial charge >= 0.3 is 0 Å². The number of carbonyl (C=O) groups is 4. The highest BCUT2D eigenvalue weighted by atomic mass is 35.5. The molecule has 4 amide bonds. The Labute approximate surface area is 289 Å². The third-order valence-corrected chi connectivity index (χ3v) is 12.2. The molecule has 6 rings (SSSR count). The number of halogens is 2. The van der Waals surface area contributed by atoms with Gasteiger partial charge in [0.2, 0.25) is 33.7 Å². The van der Waals surface area contributed by atoms with E-state index < -0.39 is 58.7 Å². The maximum absolute atomic E-state index is 14.5. The summed E-state index contributed by atoms with van der Waals surface area (Å²) < 4.78 is 30.1. The van der Waals surface area contributed by atoms with Crippen molar-refractivity contribution in [1.82, 2.24) is 29.3 Å². The Kier molecular flexibility index (Phi) is 9.75. The van der Waals surface area contributed by atoms with Crippen LogP contribution in [0.3, 0.4) is 0 Å². The summed E-state index contributed by atoms with van der Waals surface area (Å²) in [4.78, 5) is 63.9. The number of piperazine rings is 1. The van der Waals surface area contributed by atoms with Gasteiger partial charge in [-0.25, -0.2) is 8.42 Å². The molecule has 1 aromatic carbocycles. The van der Waals surface area contributed by atoms with Crippen LogP contribution in [0.25, 0.3) is 0 Å². The molecule has 13 nitrogen and oxygen atoms in total. The standard InChI is InChI=1S/C32H39Cl2N7O6S/c1-18(2)28(35)32(45)38-12-4-6-24(38)29(42)37-23-16-40(48(46,47)26-10-7-20(33)14-22(26)34)27-17-39(21-8-9-21)31(44)25(41(27)30(23)43)13-19-5-3-11-36-15-19/h3,5,7,10-11,14-15,18,21,23-25,27-28H,4,6,8-9,12-13,16-17,35H2,1-2H3,(H,37,42). The Balaban J connectivity index is 1.38. The third kappa shape index (κ3) is 6.52. The van der Waals surface area contributed by atoms with Gasteiger partial charge in [-0.1, -0.05) is 43.1 Å². The predicted molar refractivity (Wildman–Crippen MR) is 177 cm³/mol. The minimum absolute atomic E-state index is 0.0398. The summed E-state index contributed by atoms with van der Waals surface area (Å²) in [5, 5.41) is 2.89. The molecule has 48 heavy (non-hydrogen) atoms. The van der Waals surface area contributed by atoms with Crippen molar-refractivity contribution in [3.8, 4) is 0 Å². The van der Waals surface area contributed by atoms with E-state index in [1.807, 2.05) is 13.8 Å². The molecule has 0 radical (unpaired) electrons. The highest BCUT2D eigenvalue weighted by Gasteiger charge is 2.56. The summed E-state index contributed by atoms with van der Waals surface area (Å²) in [7, 11) is -4.41. The van der Waals surface area contributed by atoms with Crippen LogP contribution in [0.5, 0.6) is 0 Å². The van der Waals surface area contributed by atoms with E-state index >= 15 is 0 Å². The van der Waals surface area contributed by atoms with Crippen molar-refractivity contribution in [3.63, 3.8) is 0 Å². The lowest BCUT2D eigenvalue weighted by atomic mass is 9.97. The van der Waals surface area contributed by atoms with E-state index in [1.165, 1.54) is 28.0 Å². The van der Waals surface area contributed by atoms with Gasteiger partial charge in [-0.3, -0.25) is 24.2 Å². The van der Waals surface area contributed by atoms with Crippen LogP contribution >= 0.6 is 23.2 Å². The topological polar surface area (TPSA) is 166 Å². The molecule has 1 saturated carbocycles. The van der Waals surface area contributed by atoms with Crippen molar-refractivity contribution in [2.45, 2.75) is 87.2 Å². The first kappa shape index (κ1) is 34.6. The molecule has 4 fully saturated rings. The number of benzene rings is 1. The van der Waals surface area contributed by atoms with E-state index in [4.69, 9.17) is 28.9 Å². The molecular weight excluding hydrogens is 681 g/mol. The third-order valence-electron chi connectivity index (χ3n) is 9.61. The van der Waals surface area contributed by atoms with Crippen LogP contribution in [0, 0.1) is 5.92 Å². The molecule has 4 aliphatic rings. The summed E-state index contributed by atoms with van der Waals surface area (Å²) in [6.07, 6.45) is 4.68. The predicted octanol–water partition coefficient (Wildman–Crippen LogP) is 1.62. The van der Waals surface area contributed by atoms with Crippen LogP contribution < -0.4 is 11.1 Å². The van der Waals surface area contributed by atoms with Crippen LogP contribution in [-0.2, 0) is 35.6 Å². The lowest BCUT2D eigenvalue weighted by Gasteiger charge is -2.53. The minimum Gasteiger partial charge on any atom is -0.341 e. The fourth-order valence-corrected chi connectivity index (χ4v) is 9.16. The molecule has 258 valence electrons. The van der Waals surface area contributed by atoms with E-state index in [9.17, 15) is 27.6 Å². The molecule has 3 saturated heterocycles. The Morgan fingerprint density at radius 3 is 2.48 bits per heavy atom. The van der Waals surface area contributed by atoms with Crippen molar-refractivity contribution in [3.05, 3.63) is 58.3 Å². The first-order valence-corrected chi connectivity index (χ1v) is 18.3. The Morgan fingerprint density at radius 2 is 1.83 bits per heavy atom. The summed E-state index contributed by atoms with van der Waals surface area (Å²) in [6, 6.07) is 3.37. The molecular formula is C32H39Cl2N7O6S. The molecule has 16 heteroatoms. The number of nitrogens with one attached hydrogen (secondary N) is 1. The minimum atomic E-state index is -4.41. The summed E-state index contributed by atoms with van der Waals surface area (Å²) in [6.45, 7) is 3.52. The van der Waals surface area contributed by atoms with Crippen LogP contribution in [0.1, 0.15) is 45.1 Å². The number of hydrogen-bond donors (Lipinski definition) is 2. The molecule has 0 bridgehead atoms. The number of amides is 4. The fourth-order valence-electron chi connectivity index (χ4n) is 6.83. The molecule has 1 aromatic heterocycles. The van der Waals surface area contributed by atoms with E-state index in [1.54, 1.807) is 29.4 Å². The average Bonchev–Trinajstić information content (AvgIpc) is 3.77. The van der Waals surface area contributed by atoms with Gasteiger partial charge in [-0.05, 0) is 61.4 Å². The van der Waals surface area contributed by atoms with Crippen LogP contribution in [-0.4, -0.2) is 112 Å². The van der Waals surface area contributed by atoms with Crippen molar-refractivity contribution in [2.75, 3.05) is 19.6 Å². The zero-order chi connectivity index (χ0) is 34.5. The van der Waals surface area contributed by atoms with Crippen molar-refractivity contribution < 1.29 is 27.6 Å². The van der Waals surface area contributed by atoms with Crippen LogP contribution in [0.2, 0.25) is 10.0 Å². The van der Waals surface area contributed by atoms with Gasteiger partial charge < -0.3 is 25.8 Å². The number of likely N-dealkylation sites (tertiary alicyclic amines) is 1. The van der Waals surface area contributed by atoms with E-state index in [0.29, 0.717) is 24.9 Å². The second-order valence-electron chi connectivity index (χ2n) is 13.2. The first-order valence-electron chi connectivity index (χ1n) is 16.1. The quantitative estimate of drug-likeness (QED) is 0.395. The van der Waals surface area contributed by atoms with E-state index in [0.717, 1.165) is 17.1 Å². The number of carbonyl (C=O) groups excluding carboxylic acids is 4. The van der Waals surface area contributed by atoms with Gasteiger partial charge in [-0.2, -0.15) is 4.31 Å². The van der Waals surface area contributed by atoms with Gasteiger partial charge in [-0.15, -0.1) is 0 Å². The summed E-state index contributed by atoms with van der Waals surface area (Å²) in [5.41, 5.74) is 6.82. The van der Waals surface area contributed by atoms with Gasteiger partial charge in [0.15, 0.2) is 0 Å². The number of rotatable bonds is 9. The lowest BCUT2D eigenvalue weighted by Crippen LogP contribution is -2.76. The highest BCUT2D eigenvalue weighted by Crippen LogP contribution is 2.38. The number of nitrogens with two attached hydrogens (primary N) is 1. The first-order chi connectivity index (χ1) is 22.8. The zero-order valence-electron chi connectivity index (χ0n) is 26.7. The van der Waals surface area contributed by atoms with Gasteiger partial charge in [0.25, 0.3) is 0 Å². The molecule has 3 N–H and O–H groups in total. The van der Waals surface area contributed by atoms with Crippen LogP contribution in [0.15, 0.2) is 47.6 Å². The Bertz CT molecular complexity index is 1710. The number of pyridine rings is 1. The normalized spacial score (nSPS) is 25.8. The largest absolute Gasteiger partial charge is 0.341 e. The Morgan fingerprint density at radius 1 is 1.08 bits per heavy atom. The lowest BCUT2D eigenvalue weighted by molar-refractivity contribution is -0.168. The average molecular weight is 721 g/mol. The molecule has 0 spiro atoms. The van der Waals surface area contributed by atoms with Gasteiger partial charge in [0.1, 0.15) is 29.2 Å². The molecule has 1 aliphatic carbocycles.